The van der Waals surface area contributed by atoms with Crippen molar-refractivity contribution >= 4 is 17.5 Å². The molecular formula is C36H49N2O3+. The van der Waals surface area contributed by atoms with E-state index in [9.17, 15) is 14.7 Å². The molecule has 4 unspecified atom stereocenters. The molecule has 0 spiro atoms. The molecule has 6 atom stereocenters. The van der Waals surface area contributed by atoms with Crippen LogP contribution in [0.1, 0.15) is 101 Å². The zero-order valence-corrected chi connectivity index (χ0v) is 26.0. The summed E-state index contributed by atoms with van der Waals surface area (Å²) in [5.74, 6) is 0.734. The third-order valence-corrected chi connectivity index (χ3v) is 12.7. The predicted octanol–water partition coefficient (Wildman–Crippen LogP) is 6.82. The number of quaternary nitrogens is 1. The molecule has 2 aromatic carbocycles. The Hall–Kier alpha value is -2.66. The van der Waals surface area contributed by atoms with Crippen LogP contribution in [-0.2, 0) is 33.3 Å². The molecule has 2 aromatic rings. The minimum Gasteiger partial charge on any atom is -0.508 e. The van der Waals surface area contributed by atoms with Crippen LogP contribution in [-0.4, -0.2) is 35.5 Å². The number of nitrogens with two attached hydrogens (primary N) is 1. The zero-order chi connectivity index (χ0) is 29.6. The molecule has 41 heavy (non-hydrogen) atoms. The maximum atomic E-state index is 14.9. The van der Waals surface area contributed by atoms with Crippen molar-refractivity contribution in [3.8, 4) is 5.75 Å². The van der Waals surface area contributed by atoms with Gasteiger partial charge in [0.1, 0.15) is 5.75 Å². The number of hydrogen-bond donors (Lipinski definition) is 2. The van der Waals surface area contributed by atoms with Gasteiger partial charge in [0.05, 0.1) is 24.9 Å². The number of anilines is 1. The summed E-state index contributed by atoms with van der Waals surface area (Å²) in [6, 6.07) is 12.1. The van der Waals surface area contributed by atoms with Crippen molar-refractivity contribution in [1.29, 1.82) is 0 Å². The number of rotatable bonds is 2. The lowest BCUT2D eigenvalue weighted by atomic mass is 9.48. The van der Waals surface area contributed by atoms with Gasteiger partial charge in [-0.2, -0.15) is 0 Å². The smallest absolute Gasteiger partial charge is 0.326 e. The van der Waals surface area contributed by atoms with Crippen molar-refractivity contribution in [2.24, 2.45) is 22.7 Å². The van der Waals surface area contributed by atoms with Crippen LogP contribution in [0.15, 0.2) is 36.4 Å². The second-order valence-electron chi connectivity index (χ2n) is 15.4. The quantitative estimate of drug-likeness (QED) is 0.241. The van der Waals surface area contributed by atoms with Gasteiger partial charge in [0, 0.05) is 5.69 Å². The van der Waals surface area contributed by atoms with E-state index in [1.807, 2.05) is 26.2 Å². The number of nitrogens with zero attached hydrogens (tertiary/aromatic N) is 1. The van der Waals surface area contributed by atoms with Gasteiger partial charge in [-0.25, -0.2) is 14.1 Å². The molecule has 5 heteroatoms. The second-order valence-corrected chi connectivity index (χ2v) is 15.4. The predicted molar refractivity (Wildman–Crippen MR) is 163 cm³/mol. The summed E-state index contributed by atoms with van der Waals surface area (Å²) in [5.41, 5.74) is 10.7. The van der Waals surface area contributed by atoms with E-state index in [0.29, 0.717) is 5.75 Å². The summed E-state index contributed by atoms with van der Waals surface area (Å²) >= 11 is 0. The molecule has 2 fully saturated rings. The van der Waals surface area contributed by atoms with Crippen LogP contribution in [0.4, 0.5) is 5.69 Å². The summed E-state index contributed by atoms with van der Waals surface area (Å²) < 4.78 is -0.206. The van der Waals surface area contributed by atoms with Gasteiger partial charge in [-0.1, -0.05) is 38.8 Å². The van der Waals surface area contributed by atoms with E-state index in [1.165, 1.54) is 22.3 Å². The van der Waals surface area contributed by atoms with Gasteiger partial charge < -0.3 is 10.8 Å². The van der Waals surface area contributed by atoms with Crippen LogP contribution in [0, 0.1) is 22.7 Å². The van der Waals surface area contributed by atoms with Crippen LogP contribution in [0.2, 0.25) is 0 Å². The lowest BCUT2D eigenvalue weighted by Crippen LogP contribution is -2.67. The molecule has 0 aliphatic heterocycles. The van der Waals surface area contributed by atoms with Crippen molar-refractivity contribution in [1.82, 2.24) is 0 Å². The molecule has 220 valence electrons. The number of fused-ring (bicyclic) bond motifs is 6. The maximum Gasteiger partial charge on any atom is 0.326 e. The van der Waals surface area contributed by atoms with Crippen LogP contribution in [0.5, 0.6) is 5.75 Å². The molecule has 2 saturated carbocycles. The number of aromatic hydroxyl groups is 1. The second kappa shape index (κ2) is 9.17. The van der Waals surface area contributed by atoms with Crippen molar-refractivity contribution in [2.75, 3.05) is 19.8 Å². The van der Waals surface area contributed by atoms with Crippen LogP contribution in [0.3, 0.4) is 0 Å². The van der Waals surface area contributed by atoms with Crippen molar-refractivity contribution in [3.05, 3.63) is 58.7 Å². The fourth-order valence-electron chi connectivity index (χ4n) is 10.8. The maximum absolute atomic E-state index is 14.9. The first-order valence-corrected chi connectivity index (χ1v) is 15.8. The number of imide groups is 1. The molecule has 4 aliphatic carbocycles. The molecular weight excluding hydrogens is 508 g/mol. The van der Waals surface area contributed by atoms with Crippen molar-refractivity contribution < 1.29 is 19.2 Å². The Bertz CT molecular complexity index is 1320. The average Bonchev–Trinajstić information content (AvgIpc) is 2.92. The minimum absolute atomic E-state index is 0.0657. The van der Waals surface area contributed by atoms with Crippen LogP contribution < -0.4 is 5.73 Å². The Morgan fingerprint density at radius 3 is 1.73 bits per heavy atom. The molecule has 3 N–H and O–H groups in total. The van der Waals surface area contributed by atoms with E-state index in [4.69, 9.17) is 5.73 Å². The zero-order valence-electron chi connectivity index (χ0n) is 26.0. The topological polar surface area (TPSA) is 80.4 Å². The minimum atomic E-state index is -0.614. The molecule has 0 saturated heterocycles. The Morgan fingerprint density at radius 2 is 1.22 bits per heavy atom. The fraction of sp³-hybridized carbons (Fsp3) is 0.611. The van der Waals surface area contributed by atoms with Crippen molar-refractivity contribution in [3.63, 3.8) is 0 Å². The standard InChI is InChI=1S/C36H48N2O3/c1-33-17-7-19-35(3,29(33)15-11-23-9-13-25(37)21-27(23)33)31(40)38(5,6)32(41)36(4)20-8-18-34(2)28-22-26(39)14-10-24(28)12-16-30(34)36/h9-10,13-14,21-22,29-30H,7-8,11-12,15-20,37H2,1-6H3/p+1/t29?,30?,33?,34?,35-,36-/m0/s1. The number of amides is 2. The average molecular weight is 558 g/mol. The Labute approximate surface area is 246 Å². The first kappa shape index (κ1) is 28.5. The lowest BCUT2D eigenvalue weighted by molar-refractivity contribution is -0.745. The van der Waals surface area contributed by atoms with Gasteiger partial charge >= 0.3 is 11.8 Å². The number of phenols is 1. The number of aryl methyl sites for hydroxylation is 2. The summed E-state index contributed by atoms with van der Waals surface area (Å²) in [6.07, 6.45) is 9.32. The Balaban J connectivity index is 1.35. The first-order valence-electron chi connectivity index (χ1n) is 15.8. The van der Waals surface area contributed by atoms with E-state index in [-0.39, 0.29) is 39.0 Å². The van der Waals surface area contributed by atoms with E-state index in [1.54, 1.807) is 6.07 Å². The molecule has 0 heterocycles. The highest BCUT2D eigenvalue weighted by Gasteiger charge is 2.64. The number of nitrogen functional groups attached to an aromatic ring is 1. The van der Waals surface area contributed by atoms with E-state index >= 15 is 0 Å². The normalized spacial score (nSPS) is 36.3. The van der Waals surface area contributed by atoms with E-state index in [0.717, 1.165) is 69.9 Å². The number of carbonyl (C=O) groups is 2. The third kappa shape index (κ3) is 3.90. The van der Waals surface area contributed by atoms with E-state index in [2.05, 4.69) is 45.9 Å². The largest absolute Gasteiger partial charge is 0.508 e. The summed E-state index contributed by atoms with van der Waals surface area (Å²) in [6.45, 7) is 8.94. The Kier molecular flexibility index (Phi) is 6.36. The molecule has 0 aromatic heterocycles. The van der Waals surface area contributed by atoms with Gasteiger partial charge in [-0.05, 0) is 134 Å². The lowest BCUT2D eigenvalue weighted by Gasteiger charge is -2.57. The number of hydrogen-bond acceptors (Lipinski definition) is 4. The summed E-state index contributed by atoms with van der Waals surface area (Å²) in [7, 11) is 3.74. The highest BCUT2D eigenvalue weighted by atomic mass is 16.3. The molecule has 6 rings (SSSR count). The molecule has 5 nitrogen and oxygen atoms in total. The van der Waals surface area contributed by atoms with Crippen LogP contribution >= 0.6 is 0 Å². The number of carbonyl (C=O) groups excluding carboxylic acids is 2. The highest BCUT2D eigenvalue weighted by molar-refractivity contribution is 5.91. The first-order chi connectivity index (χ1) is 19.2. The van der Waals surface area contributed by atoms with Gasteiger partial charge in [0.2, 0.25) is 0 Å². The monoisotopic (exact) mass is 557 g/mol. The Morgan fingerprint density at radius 1 is 0.756 bits per heavy atom. The third-order valence-electron chi connectivity index (χ3n) is 12.7. The number of benzene rings is 2. The van der Waals surface area contributed by atoms with Gasteiger partial charge in [-0.15, -0.1) is 0 Å². The molecule has 2 amide bonds. The fourth-order valence-corrected chi connectivity index (χ4v) is 10.8. The van der Waals surface area contributed by atoms with Gasteiger partial charge in [0.15, 0.2) is 0 Å². The molecule has 4 aliphatic rings. The van der Waals surface area contributed by atoms with Gasteiger partial charge in [-0.3, -0.25) is 0 Å². The molecule has 0 bridgehead atoms. The summed E-state index contributed by atoms with van der Waals surface area (Å²) in [4.78, 5) is 29.8. The SMILES string of the molecule is CC12CCC[C@](C)(C(=O)[N+](C)(C)C(=O)[C@@]3(C)CCCC4(C)c5cc(O)ccc5CCC43)C1CCc1ccc(N)cc12. The van der Waals surface area contributed by atoms with Gasteiger partial charge in [0.25, 0.3) is 0 Å². The number of phenolic OH excluding ortho intramolecular Hbond substituents is 1. The van der Waals surface area contributed by atoms with Crippen molar-refractivity contribution in [2.45, 2.75) is 103 Å². The van der Waals surface area contributed by atoms with Crippen LogP contribution in [0.25, 0.3) is 0 Å². The highest BCUT2D eigenvalue weighted by Crippen LogP contribution is 2.61. The molecule has 0 radical (unpaired) electrons. The van der Waals surface area contributed by atoms with E-state index < -0.39 is 10.8 Å². The summed E-state index contributed by atoms with van der Waals surface area (Å²) in [5, 5.41) is 10.4.